The Kier molecular flexibility index (Phi) is 4.12. The van der Waals surface area contributed by atoms with Crippen molar-refractivity contribution in [2.24, 2.45) is 0 Å². The Morgan fingerprint density at radius 1 is 1.48 bits per heavy atom. The van der Waals surface area contributed by atoms with Crippen LogP contribution in [0.15, 0.2) is 28.2 Å². The number of nitrogens with one attached hydrogen (secondary N) is 1. The van der Waals surface area contributed by atoms with E-state index >= 15 is 0 Å². The minimum absolute atomic E-state index is 0.0519. The molecule has 1 N–H and O–H groups in total. The molecule has 25 heavy (non-hydrogen) atoms. The minimum Gasteiger partial charge on any atom is -0.337 e. The average Bonchev–Trinajstić information content (AvgIpc) is 3.41. The molecule has 130 valence electrons. The molecule has 0 aliphatic carbocycles. The van der Waals surface area contributed by atoms with Gasteiger partial charge in [0.05, 0.1) is 22.3 Å². The second-order valence-corrected chi connectivity index (χ2v) is 7.39. The van der Waals surface area contributed by atoms with Gasteiger partial charge in [-0.15, -0.1) is 11.3 Å². The van der Waals surface area contributed by atoms with Crippen LogP contribution in [0.25, 0.3) is 10.6 Å². The van der Waals surface area contributed by atoms with Crippen LogP contribution in [0.2, 0.25) is 0 Å². The molecule has 0 aromatic carbocycles. The van der Waals surface area contributed by atoms with Crippen molar-refractivity contribution < 1.29 is 9.32 Å². The first-order valence-electron chi connectivity index (χ1n) is 8.37. The zero-order valence-corrected chi connectivity index (χ0v) is 14.9. The molecule has 0 spiro atoms. The fourth-order valence-corrected chi connectivity index (χ4v) is 3.83. The van der Waals surface area contributed by atoms with Crippen LogP contribution in [-0.4, -0.2) is 37.7 Å². The lowest BCUT2D eigenvalue weighted by atomic mass is 10.1. The van der Waals surface area contributed by atoms with Crippen LogP contribution in [-0.2, 0) is 0 Å². The summed E-state index contributed by atoms with van der Waals surface area (Å²) in [5, 5.41) is 13.0. The highest BCUT2D eigenvalue weighted by Crippen LogP contribution is 2.34. The van der Waals surface area contributed by atoms with E-state index in [1.165, 1.54) is 0 Å². The number of rotatable bonds is 4. The van der Waals surface area contributed by atoms with Crippen molar-refractivity contribution in [2.75, 3.05) is 6.54 Å². The van der Waals surface area contributed by atoms with Crippen LogP contribution in [0.5, 0.6) is 0 Å². The summed E-state index contributed by atoms with van der Waals surface area (Å²) >= 11 is 1.58. The number of likely N-dealkylation sites (tertiary alicyclic amines) is 1. The second kappa shape index (κ2) is 6.44. The fraction of sp³-hybridized carbons (Fsp3) is 0.412. The first-order valence-corrected chi connectivity index (χ1v) is 9.25. The summed E-state index contributed by atoms with van der Waals surface area (Å²) in [6, 6.07) is 3.77. The smallest absolute Gasteiger partial charge is 0.258 e. The number of aromatic amines is 1. The van der Waals surface area contributed by atoms with E-state index in [0.717, 1.165) is 23.4 Å². The molecule has 3 aromatic heterocycles. The summed E-state index contributed by atoms with van der Waals surface area (Å²) in [5.41, 5.74) is 1.34. The van der Waals surface area contributed by atoms with Gasteiger partial charge in [0.15, 0.2) is 5.82 Å². The van der Waals surface area contributed by atoms with Gasteiger partial charge in [0, 0.05) is 12.5 Å². The van der Waals surface area contributed by atoms with Crippen molar-refractivity contribution >= 4 is 17.2 Å². The van der Waals surface area contributed by atoms with Crippen LogP contribution >= 0.6 is 11.3 Å². The van der Waals surface area contributed by atoms with Gasteiger partial charge in [-0.05, 0) is 24.3 Å². The summed E-state index contributed by atoms with van der Waals surface area (Å²) in [6.07, 6.45) is 3.35. The van der Waals surface area contributed by atoms with Gasteiger partial charge in [-0.2, -0.15) is 10.1 Å². The third kappa shape index (κ3) is 2.86. The van der Waals surface area contributed by atoms with Gasteiger partial charge in [-0.25, -0.2) is 0 Å². The van der Waals surface area contributed by atoms with Gasteiger partial charge < -0.3 is 9.42 Å². The Bertz CT molecular complexity index is 867. The predicted molar refractivity (Wildman–Crippen MR) is 93.3 cm³/mol. The Labute approximate surface area is 149 Å². The molecular weight excluding hydrogens is 338 g/mol. The van der Waals surface area contributed by atoms with Crippen molar-refractivity contribution in [1.82, 2.24) is 25.2 Å². The van der Waals surface area contributed by atoms with Gasteiger partial charge in [-0.3, -0.25) is 9.89 Å². The normalized spacial score (nSPS) is 17.6. The van der Waals surface area contributed by atoms with E-state index in [-0.39, 0.29) is 17.9 Å². The number of nitrogens with zero attached hydrogens (tertiary/aromatic N) is 4. The van der Waals surface area contributed by atoms with E-state index in [1.807, 2.05) is 36.3 Å². The largest absolute Gasteiger partial charge is 0.337 e. The Morgan fingerprint density at radius 2 is 2.36 bits per heavy atom. The lowest BCUT2D eigenvalue weighted by molar-refractivity contribution is 0.0711. The molecular formula is C17H19N5O2S. The molecule has 0 saturated carbocycles. The second-order valence-electron chi connectivity index (χ2n) is 6.44. The van der Waals surface area contributed by atoms with E-state index in [2.05, 4.69) is 20.3 Å². The highest BCUT2D eigenvalue weighted by Gasteiger charge is 2.36. The van der Waals surface area contributed by atoms with Gasteiger partial charge in [0.2, 0.25) is 5.89 Å². The van der Waals surface area contributed by atoms with Crippen molar-refractivity contribution in [1.29, 1.82) is 0 Å². The number of carbonyl (C=O) groups is 1. The SMILES string of the molecule is CC(C)c1noc([C@H]2CCCN2C(=O)c2cn[nH]c2-c2cccs2)n1. The standard InChI is InChI=1S/C17H19N5O2S/c1-10(2)15-19-16(24-21-15)12-5-3-7-22(12)17(23)11-9-18-20-14(11)13-6-4-8-25-13/h4,6,8-10,12H,3,5,7H2,1-2H3,(H,18,20)/t12-/m1/s1. The number of carbonyl (C=O) groups excluding carboxylic acids is 1. The van der Waals surface area contributed by atoms with Crippen LogP contribution in [0.4, 0.5) is 0 Å². The lowest BCUT2D eigenvalue weighted by Crippen LogP contribution is -2.30. The van der Waals surface area contributed by atoms with E-state index in [0.29, 0.717) is 23.8 Å². The summed E-state index contributed by atoms with van der Waals surface area (Å²) in [4.78, 5) is 20.4. The van der Waals surface area contributed by atoms with Crippen molar-refractivity contribution in [3.05, 3.63) is 41.0 Å². The number of H-pyrrole nitrogens is 1. The number of hydrogen-bond donors (Lipinski definition) is 1. The number of hydrogen-bond acceptors (Lipinski definition) is 6. The van der Waals surface area contributed by atoms with Crippen molar-refractivity contribution in [2.45, 2.75) is 38.6 Å². The van der Waals surface area contributed by atoms with E-state index in [1.54, 1.807) is 17.5 Å². The number of aromatic nitrogens is 4. The minimum atomic E-state index is -0.168. The van der Waals surface area contributed by atoms with E-state index in [4.69, 9.17) is 4.52 Å². The topological polar surface area (TPSA) is 87.9 Å². The van der Waals surface area contributed by atoms with Crippen LogP contribution < -0.4 is 0 Å². The van der Waals surface area contributed by atoms with Gasteiger partial charge in [0.25, 0.3) is 5.91 Å². The van der Waals surface area contributed by atoms with Crippen molar-refractivity contribution in [3.63, 3.8) is 0 Å². The predicted octanol–water partition coefficient (Wildman–Crippen LogP) is 3.62. The van der Waals surface area contributed by atoms with Gasteiger partial charge >= 0.3 is 0 Å². The quantitative estimate of drug-likeness (QED) is 0.770. The zero-order valence-electron chi connectivity index (χ0n) is 14.1. The fourth-order valence-electron chi connectivity index (χ4n) is 3.10. The lowest BCUT2D eigenvalue weighted by Gasteiger charge is -2.21. The van der Waals surface area contributed by atoms with Gasteiger partial charge in [0.1, 0.15) is 6.04 Å². The molecule has 1 aliphatic rings. The van der Waals surface area contributed by atoms with Crippen LogP contribution in [0.3, 0.4) is 0 Å². The van der Waals surface area contributed by atoms with E-state index < -0.39 is 0 Å². The Morgan fingerprint density at radius 3 is 3.08 bits per heavy atom. The number of amides is 1. The van der Waals surface area contributed by atoms with Crippen LogP contribution in [0.1, 0.15) is 60.7 Å². The maximum atomic E-state index is 13.1. The molecule has 1 amide bonds. The summed E-state index contributed by atoms with van der Waals surface area (Å²) in [6.45, 7) is 4.72. The van der Waals surface area contributed by atoms with Crippen LogP contribution in [0, 0.1) is 0 Å². The highest BCUT2D eigenvalue weighted by molar-refractivity contribution is 7.13. The third-order valence-electron chi connectivity index (χ3n) is 4.41. The zero-order chi connectivity index (χ0) is 17.4. The molecule has 0 unspecified atom stereocenters. The first kappa shape index (κ1) is 16.0. The molecule has 7 nitrogen and oxygen atoms in total. The maximum absolute atomic E-state index is 13.1. The molecule has 1 fully saturated rings. The molecule has 1 aliphatic heterocycles. The molecule has 0 radical (unpaired) electrons. The highest BCUT2D eigenvalue weighted by atomic mass is 32.1. The summed E-state index contributed by atoms with van der Waals surface area (Å²) in [7, 11) is 0. The average molecular weight is 357 g/mol. The number of thiophene rings is 1. The maximum Gasteiger partial charge on any atom is 0.258 e. The molecule has 4 rings (SSSR count). The van der Waals surface area contributed by atoms with Gasteiger partial charge in [-0.1, -0.05) is 25.1 Å². The first-order chi connectivity index (χ1) is 12.1. The molecule has 4 heterocycles. The monoisotopic (exact) mass is 357 g/mol. The molecule has 0 bridgehead atoms. The molecule has 8 heteroatoms. The summed E-state index contributed by atoms with van der Waals surface area (Å²) in [5.74, 6) is 1.35. The molecule has 1 saturated heterocycles. The van der Waals surface area contributed by atoms with E-state index in [9.17, 15) is 4.79 Å². The molecule has 1 atom stereocenters. The Balaban J connectivity index is 1.62. The third-order valence-corrected chi connectivity index (χ3v) is 5.30. The molecule has 3 aromatic rings. The summed E-state index contributed by atoms with van der Waals surface area (Å²) < 4.78 is 5.43. The van der Waals surface area contributed by atoms with Crippen molar-refractivity contribution in [3.8, 4) is 10.6 Å². The Hall–Kier alpha value is -2.48.